The van der Waals surface area contributed by atoms with Crippen molar-refractivity contribution in [3.63, 3.8) is 0 Å². The predicted octanol–water partition coefficient (Wildman–Crippen LogP) is 2.16. The lowest BCUT2D eigenvalue weighted by molar-refractivity contribution is -0.126. The van der Waals surface area contributed by atoms with Gasteiger partial charge in [-0.1, -0.05) is 30.2 Å². The Balaban J connectivity index is 5.02. The predicted molar refractivity (Wildman–Crippen MR) is 105 cm³/mol. The van der Waals surface area contributed by atoms with Crippen LogP contribution < -0.4 is 11.1 Å². The number of carbonyl (C=O) groups excluding carboxylic acids is 2. The van der Waals surface area contributed by atoms with Crippen LogP contribution in [-0.2, 0) is 19.4 Å². The summed E-state index contributed by atoms with van der Waals surface area (Å²) in [6.45, 7) is 7.69. The van der Waals surface area contributed by atoms with Gasteiger partial charge in [-0.3, -0.25) is 9.59 Å². The largest absolute Gasteiger partial charge is 0.368 e. The van der Waals surface area contributed by atoms with Crippen molar-refractivity contribution in [2.24, 2.45) is 5.73 Å². The molecule has 2 atom stereocenters. The summed E-state index contributed by atoms with van der Waals surface area (Å²) in [5.74, 6) is -0.843. The molecule has 144 valence electrons. The highest BCUT2D eigenvalue weighted by Crippen LogP contribution is 2.22. The second kappa shape index (κ2) is 11.4. The molecule has 0 bridgehead atoms. The Kier molecular flexibility index (Phi) is 10.8. The van der Waals surface area contributed by atoms with E-state index in [0.717, 1.165) is 36.4 Å². The maximum Gasteiger partial charge on any atom is 0.242 e. The quantitative estimate of drug-likeness (QED) is 0.526. The average Bonchev–Trinajstić information content (AvgIpc) is 2.47. The smallest absolute Gasteiger partial charge is 0.242 e. The molecule has 0 spiro atoms. The van der Waals surface area contributed by atoms with Crippen LogP contribution in [0.15, 0.2) is 23.3 Å². The highest BCUT2D eigenvalue weighted by Gasteiger charge is 2.35. The van der Waals surface area contributed by atoms with Gasteiger partial charge in [0, 0.05) is 18.4 Å². The lowest BCUT2D eigenvalue weighted by atomic mass is 10.1. The molecule has 0 aromatic heterocycles. The van der Waals surface area contributed by atoms with Crippen molar-refractivity contribution in [2.75, 3.05) is 12.0 Å². The van der Waals surface area contributed by atoms with Crippen molar-refractivity contribution in [1.82, 2.24) is 5.32 Å². The van der Waals surface area contributed by atoms with Gasteiger partial charge in [-0.25, -0.2) is 8.42 Å². The van der Waals surface area contributed by atoms with E-state index >= 15 is 0 Å². The molecule has 0 aliphatic heterocycles. The van der Waals surface area contributed by atoms with E-state index in [9.17, 15) is 18.0 Å². The van der Waals surface area contributed by atoms with E-state index in [4.69, 9.17) is 5.73 Å². The summed E-state index contributed by atoms with van der Waals surface area (Å²) < 4.78 is 23.0. The first-order valence-corrected chi connectivity index (χ1v) is 11.2. The van der Waals surface area contributed by atoms with Crippen LogP contribution in [0.4, 0.5) is 0 Å². The highest BCUT2D eigenvalue weighted by molar-refractivity contribution is 8.13. The molecule has 0 radical (unpaired) electrons. The van der Waals surface area contributed by atoms with Crippen molar-refractivity contribution in [3.05, 3.63) is 23.3 Å². The number of primary amides is 1. The minimum absolute atomic E-state index is 0.147. The Bertz CT molecular complexity index is 621. The third kappa shape index (κ3) is 10.3. The van der Waals surface area contributed by atoms with Gasteiger partial charge < -0.3 is 11.1 Å². The van der Waals surface area contributed by atoms with E-state index in [1.165, 1.54) is 5.57 Å². The number of sulfone groups is 1. The number of carbonyl (C=O) groups is 2. The van der Waals surface area contributed by atoms with Crippen LogP contribution in [0, 0.1) is 0 Å². The second-order valence-electron chi connectivity index (χ2n) is 6.20. The summed E-state index contributed by atoms with van der Waals surface area (Å²) in [7, 11) is -3.58. The van der Waals surface area contributed by atoms with Crippen molar-refractivity contribution in [1.29, 1.82) is 0 Å². The molecule has 0 rings (SSSR count). The zero-order valence-electron chi connectivity index (χ0n) is 15.7. The van der Waals surface area contributed by atoms with Gasteiger partial charge in [0.05, 0.1) is 0 Å². The van der Waals surface area contributed by atoms with Gasteiger partial charge in [0.25, 0.3) is 0 Å². The highest BCUT2D eigenvalue weighted by atomic mass is 32.3. The van der Waals surface area contributed by atoms with Crippen molar-refractivity contribution in [2.45, 2.75) is 57.6 Å². The van der Waals surface area contributed by atoms with Crippen LogP contribution in [0.3, 0.4) is 0 Å². The molecule has 8 heteroatoms. The zero-order chi connectivity index (χ0) is 19.6. The maximum absolute atomic E-state index is 12.1. The summed E-state index contributed by atoms with van der Waals surface area (Å²) in [6.07, 6.45) is 7.11. The number of allylic oxidation sites excluding steroid dienone is 3. The molecule has 0 saturated heterocycles. The molecule has 2 amide bonds. The first kappa shape index (κ1) is 23.7. The zero-order valence-corrected chi connectivity index (χ0v) is 17.3. The molecule has 0 fully saturated rings. The molecule has 0 aromatic rings. The monoisotopic (exact) mass is 390 g/mol. The summed E-state index contributed by atoms with van der Waals surface area (Å²) in [4.78, 5) is 23.2. The number of nitrogens with one attached hydrogen (secondary N) is 1. The summed E-state index contributed by atoms with van der Waals surface area (Å²) in [5.41, 5.74) is 7.71. The van der Waals surface area contributed by atoms with Gasteiger partial charge in [0.1, 0.15) is 10.6 Å². The van der Waals surface area contributed by atoms with E-state index in [1.807, 2.05) is 26.8 Å². The Morgan fingerprint density at radius 2 is 1.80 bits per heavy atom. The van der Waals surface area contributed by atoms with Crippen LogP contribution in [0.25, 0.3) is 0 Å². The molecule has 0 heterocycles. The molecule has 25 heavy (non-hydrogen) atoms. The second-order valence-corrected chi connectivity index (χ2v) is 9.84. The molecule has 6 nitrogen and oxygen atoms in total. The fraction of sp³-hybridized carbons (Fsp3) is 0.647. The Hall–Kier alpha value is -1.28. The number of amides is 2. The molecule has 0 aliphatic carbocycles. The van der Waals surface area contributed by atoms with Crippen molar-refractivity contribution < 1.29 is 18.0 Å². The Morgan fingerprint density at radius 3 is 2.24 bits per heavy atom. The standard InChI is InChI=1S/C17H30N2O4S2/c1-6-14(20)19-15(16(18)21)17(25(5,22)23)24-11-10-13(4)9-7-8-12(2)3/h8,10,15,17H,6-7,9,11H2,1-5H3,(H2,18,21)(H,19,20). The molecule has 2 unspecified atom stereocenters. The van der Waals surface area contributed by atoms with Crippen LogP contribution >= 0.6 is 11.8 Å². The molecule has 0 aliphatic rings. The van der Waals surface area contributed by atoms with Gasteiger partial charge >= 0.3 is 0 Å². The van der Waals surface area contributed by atoms with Crippen LogP contribution in [-0.4, -0.2) is 42.9 Å². The number of rotatable bonds is 11. The minimum Gasteiger partial charge on any atom is -0.368 e. The van der Waals surface area contributed by atoms with E-state index in [-0.39, 0.29) is 6.42 Å². The summed E-state index contributed by atoms with van der Waals surface area (Å²) in [6, 6.07) is -1.24. The van der Waals surface area contributed by atoms with Gasteiger partial charge in [-0.2, -0.15) is 0 Å². The fourth-order valence-electron chi connectivity index (χ4n) is 1.99. The average molecular weight is 391 g/mol. The maximum atomic E-state index is 12.1. The van der Waals surface area contributed by atoms with E-state index in [2.05, 4.69) is 11.4 Å². The molecular weight excluding hydrogens is 360 g/mol. The lowest BCUT2D eigenvalue weighted by Gasteiger charge is -2.23. The number of hydrogen-bond donors (Lipinski definition) is 2. The molecule has 3 N–H and O–H groups in total. The normalized spacial score (nSPS) is 14.5. The molecule has 0 saturated carbocycles. The van der Waals surface area contributed by atoms with E-state index in [1.54, 1.807) is 6.92 Å². The first-order valence-electron chi connectivity index (χ1n) is 8.17. The summed E-state index contributed by atoms with van der Waals surface area (Å²) >= 11 is 1.09. The van der Waals surface area contributed by atoms with Crippen LogP contribution in [0.2, 0.25) is 0 Å². The SMILES string of the molecule is CCC(=O)NC(C(N)=O)C(SCC=C(C)CCC=C(C)C)S(C)(=O)=O. The van der Waals surface area contributed by atoms with Crippen molar-refractivity contribution >= 4 is 33.4 Å². The number of hydrogen-bond acceptors (Lipinski definition) is 5. The van der Waals surface area contributed by atoms with Gasteiger partial charge in [0.2, 0.25) is 11.8 Å². The fourth-order valence-corrected chi connectivity index (χ4v) is 4.88. The number of nitrogens with two attached hydrogens (primary N) is 1. The minimum atomic E-state index is -3.58. The van der Waals surface area contributed by atoms with Crippen molar-refractivity contribution in [3.8, 4) is 0 Å². The van der Waals surface area contributed by atoms with Gasteiger partial charge in [-0.05, 0) is 33.6 Å². The number of thioether (sulfide) groups is 1. The summed E-state index contributed by atoms with van der Waals surface area (Å²) in [5, 5.41) is 2.42. The van der Waals surface area contributed by atoms with Gasteiger partial charge in [0.15, 0.2) is 9.84 Å². The first-order chi connectivity index (χ1) is 11.5. The van der Waals surface area contributed by atoms with Gasteiger partial charge in [-0.15, -0.1) is 11.8 Å². The van der Waals surface area contributed by atoms with E-state index < -0.39 is 32.3 Å². The third-order valence-electron chi connectivity index (χ3n) is 3.42. The molecular formula is C17H30N2O4S2. The van der Waals surface area contributed by atoms with E-state index in [0.29, 0.717) is 5.75 Å². The Labute approximate surface area is 155 Å². The van der Waals surface area contributed by atoms with Crippen LogP contribution in [0.1, 0.15) is 47.0 Å². The topological polar surface area (TPSA) is 106 Å². The lowest BCUT2D eigenvalue weighted by Crippen LogP contribution is -2.52. The Morgan fingerprint density at radius 1 is 1.20 bits per heavy atom. The molecule has 0 aromatic carbocycles. The third-order valence-corrected chi connectivity index (χ3v) is 6.95. The van der Waals surface area contributed by atoms with Crippen LogP contribution in [0.5, 0.6) is 0 Å².